The zero-order chi connectivity index (χ0) is 19.4. The van der Waals surface area contributed by atoms with E-state index in [-0.39, 0.29) is 18.2 Å². The van der Waals surface area contributed by atoms with E-state index in [0.717, 1.165) is 17.3 Å². The Kier molecular flexibility index (Phi) is 5.64. The van der Waals surface area contributed by atoms with Crippen molar-refractivity contribution in [3.63, 3.8) is 0 Å². The number of nitrogens with one attached hydrogen (secondary N) is 1. The van der Waals surface area contributed by atoms with Gasteiger partial charge in [-0.1, -0.05) is 43.3 Å². The van der Waals surface area contributed by atoms with Crippen LogP contribution in [0.5, 0.6) is 0 Å². The minimum atomic E-state index is -0.628. The Morgan fingerprint density at radius 3 is 2.63 bits per heavy atom. The van der Waals surface area contributed by atoms with Gasteiger partial charge in [-0.05, 0) is 23.1 Å². The first-order valence-corrected chi connectivity index (χ1v) is 8.72. The van der Waals surface area contributed by atoms with E-state index in [1.54, 1.807) is 25.1 Å². The molecule has 0 aliphatic rings. The average molecular weight is 369 g/mol. The molecule has 0 fully saturated rings. The van der Waals surface area contributed by atoms with E-state index >= 15 is 0 Å². The van der Waals surface area contributed by atoms with E-state index in [2.05, 4.69) is 9.97 Å². The number of rotatable bonds is 6. The number of amides is 1. The number of benzene rings is 2. The van der Waals surface area contributed by atoms with Gasteiger partial charge in [0.15, 0.2) is 0 Å². The van der Waals surface area contributed by atoms with Crippen LogP contribution in [0.25, 0.3) is 11.3 Å². The van der Waals surface area contributed by atoms with E-state index in [1.165, 1.54) is 12.1 Å². The second-order valence-electron chi connectivity index (χ2n) is 6.63. The van der Waals surface area contributed by atoms with Crippen molar-refractivity contribution in [2.24, 2.45) is 0 Å². The summed E-state index contributed by atoms with van der Waals surface area (Å²) in [6.07, 6.45) is 1.87. The molecule has 1 atom stereocenters. The summed E-state index contributed by atoms with van der Waals surface area (Å²) in [6.45, 7) is 2.08. The fourth-order valence-corrected chi connectivity index (χ4v) is 2.95. The maximum atomic E-state index is 13.9. The fraction of sp³-hybridized carbons (Fsp3) is 0.238. The second-order valence-corrected chi connectivity index (χ2v) is 6.63. The first-order chi connectivity index (χ1) is 12.9. The van der Waals surface area contributed by atoms with E-state index in [9.17, 15) is 13.6 Å². The first kappa shape index (κ1) is 18.8. The monoisotopic (exact) mass is 369 g/mol. The molecule has 140 valence electrons. The maximum absolute atomic E-state index is 13.9. The maximum Gasteiger partial charge on any atom is 0.223 e. The first-order valence-electron chi connectivity index (χ1n) is 8.72. The normalized spacial score (nSPS) is 12.0. The molecule has 0 bridgehead atoms. The molecule has 0 aliphatic carbocycles. The van der Waals surface area contributed by atoms with Crippen LogP contribution >= 0.6 is 0 Å². The van der Waals surface area contributed by atoms with Gasteiger partial charge in [-0.15, -0.1) is 0 Å². The van der Waals surface area contributed by atoms with Crippen LogP contribution in [0.1, 0.15) is 30.7 Å². The van der Waals surface area contributed by atoms with Gasteiger partial charge in [-0.2, -0.15) is 0 Å². The standard InChI is InChI=1S/C21H21F2N3O/c1-14(17-9-8-16(22)11-18(17)23)10-21(27)26(2)13-20-24-12-19(25-20)15-6-4-3-5-7-15/h3-9,11-12,14H,10,13H2,1-2H3,(H,24,25)/t14-/m1/s1. The molecule has 0 radical (unpaired) electrons. The van der Waals surface area contributed by atoms with Gasteiger partial charge in [-0.25, -0.2) is 13.8 Å². The number of nitrogens with zero attached hydrogens (tertiary/aromatic N) is 2. The van der Waals surface area contributed by atoms with Crippen molar-refractivity contribution >= 4 is 5.91 Å². The molecular weight excluding hydrogens is 348 g/mol. The van der Waals surface area contributed by atoms with Crippen molar-refractivity contribution in [2.45, 2.75) is 25.8 Å². The molecule has 1 amide bonds. The van der Waals surface area contributed by atoms with Crippen molar-refractivity contribution in [3.8, 4) is 11.3 Å². The highest BCUT2D eigenvalue weighted by Gasteiger charge is 2.19. The minimum absolute atomic E-state index is 0.130. The fourth-order valence-electron chi connectivity index (χ4n) is 2.95. The van der Waals surface area contributed by atoms with Crippen LogP contribution in [0.3, 0.4) is 0 Å². The minimum Gasteiger partial charge on any atom is -0.341 e. The molecule has 3 rings (SSSR count). The van der Waals surface area contributed by atoms with Crippen molar-refractivity contribution in [3.05, 3.63) is 77.8 Å². The molecular formula is C21H21F2N3O. The molecule has 1 N–H and O–H groups in total. The molecule has 1 heterocycles. The van der Waals surface area contributed by atoms with E-state index in [1.807, 2.05) is 30.3 Å². The molecule has 6 heteroatoms. The van der Waals surface area contributed by atoms with E-state index in [0.29, 0.717) is 17.9 Å². The lowest BCUT2D eigenvalue weighted by Crippen LogP contribution is -2.27. The highest BCUT2D eigenvalue weighted by Crippen LogP contribution is 2.24. The Bertz CT molecular complexity index is 924. The summed E-state index contributed by atoms with van der Waals surface area (Å²) in [7, 11) is 1.68. The molecule has 4 nitrogen and oxygen atoms in total. The van der Waals surface area contributed by atoms with Crippen molar-refractivity contribution in [1.82, 2.24) is 14.9 Å². The number of aromatic nitrogens is 2. The zero-order valence-corrected chi connectivity index (χ0v) is 15.2. The molecule has 1 aromatic heterocycles. The zero-order valence-electron chi connectivity index (χ0n) is 15.2. The van der Waals surface area contributed by atoms with E-state index in [4.69, 9.17) is 0 Å². The van der Waals surface area contributed by atoms with Gasteiger partial charge >= 0.3 is 0 Å². The lowest BCUT2D eigenvalue weighted by Gasteiger charge is -2.19. The van der Waals surface area contributed by atoms with Crippen molar-refractivity contribution in [1.29, 1.82) is 0 Å². The molecule has 0 aliphatic heterocycles. The van der Waals surface area contributed by atoms with Gasteiger partial charge in [0.05, 0.1) is 18.4 Å². The highest BCUT2D eigenvalue weighted by atomic mass is 19.1. The number of hydrogen-bond acceptors (Lipinski definition) is 2. The second kappa shape index (κ2) is 8.12. The van der Waals surface area contributed by atoms with Crippen LogP contribution in [0.4, 0.5) is 8.78 Å². The van der Waals surface area contributed by atoms with Crippen LogP contribution < -0.4 is 0 Å². The molecule has 2 aromatic carbocycles. The number of carbonyl (C=O) groups excluding carboxylic acids is 1. The lowest BCUT2D eigenvalue weighted by atomic mass is 9.96. The molecule has 0 unspecified atom stereocenters. The van der Waals surface area contributed by atoms with Crippen LogP contribution in [0.2, 0.25) is 0 Å². The summed E-state index contributed by atoms with van der Waals surface area (Å²) < 4.78 is 26.9. The molecule has 27 heavy (non-hydrogen) atoms. The summed E-state index contributed by atoms with van der Waals surface area (Å²) in [6, 6.07) is 13.2. The number of aromatic amines is 1. The summed E-state index contributed by atoms with van der Waals surface area (Å²) >= 11 is 0. The van der Waals surface area contributed by atoms with Crippen LogP contribution in [0, 0.1) is 11.6 Å². The summed E-state index contributed by atoms with van der Waals surface area (Å²) in [5.41, 5.74) is 2.24. The Balaban J connectivity index is 1.61. The Morgan fingerprint density at radius 2 is 1.93 bits per heavy atom. The van der Waals surface area contributed by atoms with Gasteiger partial charge in [0.1, 0.15) is 17.5 Å². The lowest BCUT2D eigenvalue weighted by molar-refractivity contribution is -0.130. The predicted octanol–water partition coefficient (Wildman–Crippen LogP) is 4.51. The third kappa shape index (κ3) is 4.58. The quantitative estimate of drug-likeness (QED) is 0.695. The van der Waals surface area contributed by atoms with Crippen LogP contribution in [-0.2, 0) is 11.3 Å². The predicted molar refractivity (Wildman–Crippen MR) is 99.9 cm³/mol. The summed E-state index contributed by atoms with van der Waals surface area (Å²) in [5.74, 6) is -1.07. The van der Waals surface area contributed by atoms with Gasteiger partial charge in [-0.3, -0.25) is 4.79 Å². The van der Waals surface area contributed by atoms with Crippen molar-refractivity contribution < 1.29 is 13.6 Å². The number of carbonyl (C=O) groups is 1. The molecule has 0 saturated carbocycles. The number of halogens is 2. The average Bonchev–Trinajstić information content (AvgIpc) is 3.10. The van der Waals surface area contributed by atoms with Gasteiger partial charge in [0.2, 0.25) is 5.91 Å². The largest absolute Gasteiger partial charge is 0.341 e. The topological polar surface area (TPSA) is 49.0 Å². The smallest absolute Gasteiger partial charge is 0.223 e. The number of hydrogen-bond donors (Lipinski definition) is 1. The third-order valence-corrected chi connectivity index (χ3v) is 4.50. The number of H-pyrrole nitrogens is 1. The molecule has 3 aromatic rings. The number of imidazole rings is 1. The summed E-state index contributed by atoms with van der Waals surface area (Å²) in [5, 5.41) is 0. The Morgan fingerprint density at radius 1 is 1.19 bits per heavy atom. The third-order valence-electron chi connectivity index (χ3n) is 4.50. The summed E-state index contributed by atoms with van der Waals surface area (Å²) in [4.78, 5) is 21.6. The highest BCUT2D eigenvalue weighted by molar-refractivity contribution is 5.76. The molecule has 0 spiro atoms. The Hall–Kier alpha value is -3.02. The molecule has 0 saturated heterocycles. The van der Waals surface area contributed by atoms with Gasteiger partial charge in [0, 0.05) is 19.5 Å². The van der Waals surface area contributed by atoms with Crippen molar-refractivity contribution in [2.75, 3.05) is 7.05 Å². The van der Waals surface area contributed by atoms with Crippen LogP contribution in [0.15, 0.2) is 54.7 Å². The van der Waals surface area contributed by atoms with Gasteiger partial charge < -0.3 is 9.88 Å². The van der Waals surface area contributed by atoms with Crippen LogP contribution in [-0.4, -0.2) is 27.8 Å². The Labute approximate surface area is 156 Å². The van der Waals surface area contributed by atoms with E-state index < -0.39 is 11.6 Å². The van der Waals surface area contributed by atoms with Gasteiger partial charge in [0.25, 0.3) is 0 Å². The SMILES string of the molecule is C[C@H](CC(=O)N(C)Cc1ncc(-c2ccccc2)[nH]1)c1ccc(F)cc1F.